The molecule has 4 aromatic rings. The molecule has 33 heavy (non-hydrogen) atoms. The molecule has 0 fully saturated rings. The van der Waals surface area contributed by atoms with Crippen molar-refractivity contribution in [1.29, 1.82) is 0 Å². The van der Waals surface area contributed by atoms with Crippen LogP contribution in [0.25, 0.3) is 5.69 Å². The molecular weight excluding hydrogens is 443 g/mol. The maximum absolute atomic E-state index is 13.1. The topological polar surface area (TPSA) is 93.1 Å². The van der Waals surface area contributed by atoms with Crippen LogP contribution in [0, 0.1) is 5.82 Å². The van der Waals surface area contributed by atoms with E-state index in [-0.39, 0.29) is 22.2 Å². The molecule has 168 valence electrons. The van der Waals surface area contributed by atoms with Crippen LogP contribution >= 0.6 is 0 Å². The van der Waals surface area contributed by atoms with Crippen LogP contribution in [0.1, 0.15) is 28.9 Å². The molecule has 1 amide bonds. The molecule has 1 heterocycles. The maximum atomic E-state index is 13.1. The Morgan fingerprint density at radius 2 is 1.76 bits per heavy atom. The summed E-state index contributed by atoms with van der Waals surface area (Å²) in [7, 11) is -3.95. The highest BCUT2D eigenvalue weighted by atomic mass is 32.2. The van der Waals surface area contributed by atoms with Crippen LogP contribution in [0.3, 0.4) is 0 Å². The first-order valence-corrected chi connectivity index (χ1v) is 11.6. The molecule has 0 aliphatic carbocycles. The monoisotopic (exact) mass is 464 g/mol. The fourth-order valence-electron chi connectivity index (χ4n) is 3.25. The van der Waals surface area contributed by atoms with E-state index in [4.69, 9.17) is 0 Å². The van der Waals surface area contributed by atoms with Gasteiger partial charge >= 0.3 is 0 Å². The Balaban J connectivity index is 1.46. The van der Waals surface area contributed by atoms with Crippen molar-refractivity contribution >= 4 is 21.6 Å². The molecule has 0 aliphatic rings. The summed E-state index contributed by atoms with van der Waals surface area (Å²) in [6, 6.07) is 18.1. The van der Waals surface area contributed by atoms with Gasteiger partial charge < -0.3 is 9.88 Å². The number of halogens is 1. The minimum atomic E-state index is -3.95. The number of imidazole rings is 1. The summed E-state index contributed by atoms with van der Waals surface area (Å²) in [5.41, 5.74) is 2.27. The molecule has 7 nitrogen and oxygen atoms in total. The van der Waals surface area contributed by atoms with Gasteiger partial charge in [0.05, 0.1) is 17.3 Å². The number of sulfonamides is 1. The van der Waals surface area contributed by atoms with Crippen molar-refractivity contribution in [3.05, 3.63) is 108 Å². The Kier molecular flexibility index (Phi) is 6.23. The number of nitrogens with zero attached hydrogens (tertiary/aromatic N) is 2. The summed E-state index contributed by atoms with van der Waals surface area (Å²) in [6.07, 6.45) is 5.23. The van der Waals surface area contributed by atoms with Crippen molar-refractivity contribution in [1.82, 2.24) is 14.9 Å². The third-order valence-electron chi connectivity index (χ3n) is 5.05. The van der Waals surface area contributed by atoms with Gasteiger partial charge in [0.1, 0.15) is 5.82 Å². The number of carbonyl (C=O) groups excluding carboxylic acids is 1. The lowest BCUT2D eigenvalue weighted by atomic mass is 10.1. The van der Waals surface area contributed by atoms with Gasteiger partial charge in [0.25, 0.3) is 15.9 Å². The Morgan fingerprint density at radius 3 is 2.42 bits per heavy atom. The second-order valence-electron chi connectivity index (χ2n) is 7.40. The van der Waals surface area contributed by atoms with Gasteiger partial charge in [-0.1, -0.05) is 18.2 Å². The minimum absolute atomic E-state index is 0.0724. The van der Waals surface area contributed by atoms with Crippen molar-refractivity contribution in [2.24, 2.45) is 0 Å². The average molecular weight is 465 g/mol. The molecule has 0 saturated carbocycles. The standard InChI is InChI=1S/C24H21FN4O3S/c1-17(18-5-11-22(12-6-18)29-14-13-26-16-29)27-24(30)19-3-2-4-23(15-19)33(31,32)28-21-9-7-20(25)8-10-21/h2-17,28H,1H3,(H,27,30)/t17-/m0/s1. The first-order valence-electron chi connectivity index (χ1n) is 10.1. The molecule has 0 saturated heterocycles. The molecule has 9 heteroatoms. The van der Waals surface area contributed by atoms with Gasteiger partial charge in [0.15, 0.2) is 0 Å². The second kappa shape index (κ2) is 9.25. The van der Waals surface area contributed by atoms with E-state index in [9.17, 15) is 17.6 Å². The van der Waals surface area contributed by atoms with Gasteiger partial charge in [0.2, 0.25) is 0 Å². The maximum Gasteiger partial charge on any atom is 0.261 e. The molecule has 4 rings (SSSR count). The predicted molar refractivity (Wildman–Crippen MR) is 123 cm³/mol. The number of nitrogens with one attached hydrogen (secondary N) is 2. The number of amides is 1. The molecule has 0 radical (unpaired) electrons. The van der Waals surface area contributed by atoms with Crippen LogP contribution in [-0.4, -0.2) is 23.9 Å². The number of hydrogen-bond acceptors (Lipinski definition) is 4. The fourth-order valence-corrected chi connectivity index (χ4v) is 4.35. The SMILES string of the molecule is C[C@H](NC(=O)c1cccc(S(=O)(=O)Nc2ccc(F)cc2)c1)c1ccc(-n2ccnc2)cc1. The largest absolute Gasteiger partial charge is 0.346 e. The van der Waals surface area contributed by atoms with E-state index < -0.39 is 21.7 Å². The Morgan fingerprint density at radius 1 is 1.03 bits per heavy atom. The molecular formula is C24H21FN4O3S. The Bertz CT molecular complexity index is 1350. The molecule has 0 bridgehead atoms. The van der Waals surface area contributed by atoms with Crippen molar-refractivity contribution in [2.75, 3.05) is 4.72 Å². The lowest BCUT2D eigenvalue weighted by Crippen LogP contribution is -2.27. The quantitative estimate of drug-likeness (QED) is 0.426. The number of carbonyl (C=O) groups is 1. The summed E-state index contributed by atoms with van der Waals surface area (Å²) in [5, 5.41) is 2.89. The highest BCUT2D eigenvalue weighted by molar-refractivity contribution is 7.92. The molecule has 0 aliphatic heterocycles. The van der Waals surface area contributed by atoms with E-state index in [2.05, 4.69) is 15.0 Å². The number of aromatic nitrogens is 2. The third-order valence-corrected chi connectivity index (χ3v) is 6.43. The zero-order valence-electron chi connectivity index (χ0n) is 17.6. The normalized spacial score (nSPS) is 12.2. The average Bonchev–Trinajstić information content (AvgIpc) is 3.36. The highest BCUT2D eigenvalue weighted by Crippen LogP contribution is 2.19. The van der Waals surface area contributed by atoms with Gasteiger partial charge in [0, 0.05) is 29.3 Å². The Hall–Kier alpha value is -3.98. The number of hydrogen-bond donors (Lipinski definition) is 2. The van der Waals surface area contributed by atoms with E-state index in [1.165, 1.54) is 30.3 Å². The van der Waals surface area contributed by atoms with Crippen LogP contribution in [-0.2, 0) is 10.0 Å². The number of benzene rings is 3. The first kappa shape index (κ1) is 22.2. The molecule has 2 N–H and O–H groups in total. The van der Waals surface area contributed by atoms with Crippen LogP contribution < -0.4 is 10.0 Å². The van der Waals surface area contributed by atoms with E-state index in [1.807, 2.05) is 42.0 Å². The zero-order chi connectivity index (χ0) is 23.4. The fraction of sp³-hybridized carbons (Fsp3) is 0.0833. The number of anilines is 1. The van der Waals surface area contributed by atoms with Crippen LogP contribution in [0.2, 0.25) is 0 Å². The van der Waals surface area contributed by atoms with Crippen molar-refractivity contribution in [2.45, 2.75) is 17.9 Å². The second-order valence-corrected chi connectivity index (χ2v) is 9.08. The lowest BCUT2D eigenvalue weighted by molar-refractivity contribution is 0.0939. The minimum Gasteiger partial charge on any atom is -0.346 e. The van der Waals surface area contributed by atoms with Crippen molar-refractivity contribution < 1.29 is 17.6 Å². The Labute approximate surface area is 191 Å². The summed E-state index contributed by atoms with van der Waals surface area (Å²) in [6.45, 7) is 1.85. The number of rotatable bonds is 7. The zero-order valence-corrected chi connectivity index (χ0v) is 18.5. The van der Waals surface area contributed by atoms with Crippen LogP contribution in [0.4, 0.5) is 10.1 Å². The van der Waals surface area contributed by atoms with Crippen molar-refractivity contribution in [3.63, 3.8) is 0 Å². The van der Waals surface area contributed by atoms with Crippen LogP contribution in [0.5, 0.6) is 0 Å². The summed E-state index contributed by atoms with van der Waals surface area (Å²) >= 11 is 0. The predicted octanol–water partition coefficient (Wildman–Crippen LogP) is 4.30. The molecule has 3 aromatic carbocycles. The van der Waals surface area contributed by atoms with Gasteiger partial charge in [-0.25, -0.2) is 17.8 Å². The molecule has 1 aromatic heterocycles. The summed E-state index contributed by atoms with van der Waals surface area (Å²) < 4.78 is 42.7. The molecule has 0 spiro atoms. The van der Waals surface area contributed by atoms with E-state index in [0.717, 1.165) is 23.4 Å². The lowest BCUT2D eigenvalue weighted by Gasteiger charge is -2.16. The third kappa shape index (κ3) is 5.27. The smallest absolute Gasteiger partial charge is 0.261 e. The van der Waals surface area contributed by atoms with Gasteiger partial charge in [-0.05, 0) is 67.1 Å². The summed E-state index contributed by atoms with van der Waals surface area (Å²) in [4.78, 5) is 16.7. The summed E-state index contributed by atoms with van der Waals surface area (Å²) in [5.74, 6) is -0.873. The van der Waals surface area contributed by atoms with Gasteiger partial charge in [-0.2, -0.15) is 0 Å². The van der Waals surface area contributed by atoms with Gasteiger partial charge in [-0.15, -0.1) is 0 Å². The van der Waals surface area contributed by atoms with Gasteiger partial charge in [-0.3, -0.25) is 9.52 Å². The van der Waals surface area contributed by atoms with Crippen molar-refractivity contribution in [3.8, 4) is 5.69 Å². The molecule has 0 unspecified atom stereocenters. The van der Waals surface area contributed by atoms with E-state index in [1.54, 1.807) is 18.6 Å². The van der Waals surface area contributed by atoms with Crippen LogP contribution in [0.15, 0.2) is 96.4 Å². The van der Waals surface area contributed by atoms with E-state index >= 15 is 0 Å². The van der Waals surface area contributed by atoms with E-state index in [0.29, 0.717) is 0 Å². The first-order chi connectivity index (χ1) is 15.8. The molecule has 1 atom stereocenters. The highest BCUT2D eigenvalue weighted by Gasteiger charge is 2.18.